The first-order valence-electron chi connectivity index (χ1n) is 6.94. The smallest absolute Gasteiger partial charge is 0.342 e. The van der Waals surface area contributed by atoms with E-state index < -0.39 is 23.7 Å². The van der Waals surface area contributed by atoms with E-state index in [0.29, 0.717) is 11.3 Å². The van der Waals surface area contributed by atoms with Gasteiger partial charge in [-0.2, -0.15) is 0 Å². The lowest BCUT2D eigenvalue weighted by Gasteiger charge is -2.14. The van der Waals surface area contributed by atoms with Crippen LogP contribution in [0.15, 0.2) is 30.3 Å². The van der Waals surface area contributed by atoms with E-state index in [0.717, 1.165) is 0 Å². The van der Waals surface area contributed by atoms with Gasteiger partial charge in [-0.3, -0.25) is 4.79 Å². The van der Waals surface area contributed by atoms with Gasteiger partial charge in [0.15, 0.2) is 6.10 Å². The van der Waals surface area contributed by atoms with Crippen molar-refractivity contribution >= 4 is 23.4 Å². The molecule has 0 spiro atoms. The molecule has 120 valence electrons. The van der Waals surface area contributed by atoms with Crippen molar-refractivity contribution in [3.63, 3.8) is 0 Å². The van der Waals surface area contributed by atoms with Crippen molar-refractivity contribution in [3.05, 3.63) is 63.7 Å². The van der Waals surface area contributed by atoms with Crippen LogP contribution in [0, 0.1) is 19.7 Å². The van der Waals surface area contributed by atoms with Gasteiger partial charge in [0.2, 0.25) is 5.78 Å². The highest BCUT2D eigenvalue weighted by molar-refractivity contribution is 6.32. The molecule has 0 N–H and O–H groups in total. The summed E-state index contributed by atoms with van der Waals surface area (Å²) in [7, 11) is 0. The first kappa shape index (κ1) is 17.1. The number of nitrogens with zero attached hydrogens (tertiary/aromatic N) is 1. The lowest BCUT2D eigenvalue weighted by molar-refractivity contribution is 0.0318. The molecule has 6 heteroatoms. The number of rotatable bonds is 4. The third kappa shape index (κ3) is 3.93. The number of Topliss-reactive ketones (excluding diaryl/α,β-unsaturated/α-hetero) is 1. The number of carbonyl (C=O) groups is 2. The SMILES string of the molecule is Cc1cc(C)c(C(=O)O[C@@H](C)C(=O)c2ccc(F)cc2)c(Cl)n1. The van der Waals surface area contributed by atoms with Gasteiger partial charge in [-0.15, -0.1) is 0 Å². The number of carbonyl (C=O) groups excluding carboxylic acids is 2. The molecule has 0 radical (unpaired) electrons. The Morgan fingerprint density at radius 3 is 2.39 bits per heavy atom. The maximum Gasteiger partial charge on any atom is 0.342 e. The van der Waals surface area contributed by atoms with Gasteiger partial charge < -0.3 is 4.74 Å². The molecule has 4 nitrogen and oxygen atoms in total. The number of ether oxygens (including phenoxy) is 1. The number of hydrogen-bond donors (Lipinski definition) is 0. The summed E-state index contributed by atoms with van der Waals surface area (Å²) in [4.78, 5) is 28.5. The van der Waals surface area contributed by atoms with E-state index in [4.69, 9.17) is 16.3 Å². The molecule has 0 saturated carbocycles. The van der Waals surface area contributed by atoms with Crippen LogP contribution in [0.5, 0.6) is 0 Å². The van der Waals surface area contributed by atoms with Crippen molar-refractivity contribution in [3.8, 4) is 0 Å². The van der Waals surface area contributed by atoms with Crippen molar-refractivity contribution in [2.45, 2.75) is 26.9 Å². The molecule has 0 amide bonds. The van der Waals surface area contributed by atoms with E-state index in [-0.39, 0.29) is 16.3 Å². The molecule has 1 heterocycles. The number of aryl methyl sites for hydroxylation is 2. The predicted octanol–water partition coefficient (Wildman–Crippen LogP) is 3.92. The fourth-order valence-corrected chi connectivity index (χ4v) is 2.52. The molecule has 0 aliphatic carbocycles. The maximum absolute atomic E-state index is 12.9. The first-order valence-corrected chi connectivity index (χ1v) is 7.32. The van der Waals surface area contributed by atoms with Crippen molar-refractivity contribution in [1.29, 1.82) is 0 Å². The number of halogens is 2. The van der Waals surface area contributed by atoms with Gasteiger partial charge in [0.05, 0.1) is 5.56 Å². The fourth-order valence-electron chi connectivity index (χ4n) is 2.16. The van der Waals surface area contributed by atoms with Crippen LogP contribution in [-0.4, -0.2) is 22.8 Å². The molecular weight excluding hydrogens is 321 g/mol. The molecule has 1 aromatic carbocycles. The average Bonchev–Trinajstić information content (AvgIpc) is 2.46. The highest BCUT2D eigenvalue weighted by Gasteiger charge is 2.23. The van der Waals surface area contributed by atoms with Gasteiger partial charge in [0.1, 0.15) is 11.0 Å². The second kappa shape index (κ2) is 6.87. The quantitative estimate of drug-likeness (QED) is 0.483. The summed E-state index contributed by atoms with van der Waals surface area (Å²) < 4.78 is 18.1. The highest BCUT2D eigenvalue weighted by Crippen LogP contribution is 2.21. The predicted molar refractivity (Wildman–Crippen MR) is 84.3 cm³/mol. The number of benzene rings is 1. The Morgan fingerprint density at radius 1 is 1.22 bits per heavy atom. The van der Waals surface area contributed by atoms with Gasteiger partial charge >= 0.3 is 5.97 Å². The lowest BCUT2D eigenvalue weighted by atomic mass is 10.1. The Morgan fingerprint density at radius 2 is 1.83 bits per heavy atom. The summed E-state index contributed by atoms with van der Waals surface area (Å²) in [6.07, 6.45) is -1.02. The van der Waals surface area contributed by atoms with Crippen molar-refractivity contribution in [2.75, 3.05) is 0 Å². The van der Waals surface area contributed by atoms with Crippen molar-refractivity contribution in [2.24, 2.45) is 0 Å². The van der Waals surface area contributed by atoms with Gasteiger partial charge in [-0.1, -0.05) is 11.6 Å². The molecule has 0 unspecified atom stereocenters. The van der Waals surface area contributed by atoms with Gasteiger partial charge in [-0.25, -0.2) is 14.2 Å². The molecule has 1 aromatic heterocycles. The summed E-state index contributed by atoms with van der Waals surface area (Å²) >= 11 is 5.99. The van der Waals surface area contributed by atoms with Crippen LogP contribution in [0.3, 0.4) is 0 Å². The van der Waals surface area contributed by atoms with Gasteiger partial charge in [-0.05, 0) is 56.7 Å². The number of esters is 1. The normalized spacial score (nSPS) is 11.9. The van der Waals surface area contributed by atoms with E-state index in [1.807, 2.05) is 0 Å². The zero-order valence-corrected chi connectivity index (χ0v) is 13.6. The van der Waals surface area contributed by atoms with Crippen LogP contribution in [-0.2, 0) is 4.74 Å². The summed E-state index contributed by atoms with van der Waals surface area (Å²) in [5.41, 5.74) is 1.70. The lowest BCUT2D eigenvalue weighted by Crippen LogP contribution is -2.25. The molecule has 23 heavy (non-hydrogen) atoms. The Kier molecular flexibility index (Phi) is 5.11. The second-order valence-electron chi connectivity index (χ2n) is 5.17. The monoisotopic (exact) mass is 335 g/mol. The highest BCUT2D eigenvalue weighted by atomic mass is 35.5. The minimum absolute atomic E-state index is 0.0360. The number of hydrogen-bond acceptors (Lipinski definition) is 4. The van der Waals surface area contributed by atoms with Crippen LogP contribution in [0.1, 0.15) is 38.9 Å². The summed E-state index contributed by atoms with van der Waals surface area (Å²) in [6.45, 7) is 4.92. The maximum atomic E-state index is 12.9. The first-order chi connectivity index (χ1) is 10.8. The zero-order chi connectivity index (χ0) is 17.1. The van der Waals surface area contributed by atoms with E-state index >= 15 is 0 Å². The Labute approximate surface area is 138 Å². The van der Waals surface area contributed by atoms with Gasteiger partial charge in [0.25, 0.3) is 0 Å². The van der Waals surface area contributed by atoms with Crippen LogP contribution in [0.2, 0.25) is 5.15 Å². The third-order valence-electron chi connectivity index (χ3n) is 3.29. The van der Waals surface area contributed by atoms with Crippen LogP contribution in [0.4, 0.5) is 4.39 Å². The van der Waals surface area contributed by atoms with Gasteiger partial charge in [0, 0.05) is 11.3 Å². The zero-order valence-electron chi connectivity index (χ0n) is 12.9. The largest absolute Gasteiger partial charge is 0.451 e. The van der Waals surface area contributed by atoms with Crippen LogP contribution < -0.4 is 0 Å². The number of ketones is 1. The van der Waals surface area contributed by atoms with E-state index in [2.05, 4.69) is 4.98 Å². The molecule has 0 fully saturated rings. The number of pyridine rings is 1. The Hall–Kier alpha value is -2.27. The molecular formula is C17H15ClFNO3. The molecule has 1 atom stereocenters. The van der Waals surface area contributed by atoms with Crippen molar-refractivity contribution in [1.82, 2.24) is 4.98 Å². The summed E-state index contributed by atoms with van der Waals surface area (Å²) in [5.74, 6) is -1.59. The minimum atomic E-state index is -1.02. The summed E-state index contributed by atoms with van der Waals surface area (Å²) in [6, 6.07) is 6.73. The van der Waals surface area contributed by atoms with Crippen LogP contribution >= 0.6 is 11.6 Å². The van der Waals surface area contributed by atoms with Crippen LogP contribution in [0.25, 0.3) is 0 Å². The third-order valence-corrected chi connectivity index (χ3v) is 3.56. The topological polar surface area (TPSA) is 56.3 Å². The second-order valence-corrected chi connectivity index (χ2v) is 5.52. The molecule has 0 bridgehead atoms. The van der Waals surface area contributed by atoms with E-state index in [1.54, 1.807) is 19.9 Å². The van der Waals surface area contributed by atoms with Crippen molar-refractivity contribution < 1.29 is 18.7 Å². The number of aromatic nitrogens is 1. The summed E-state index contributed by atoms with van der Waals surface area (Å²) in [5, 5.41) is 0.0360. The molecule has 2 rings (SSSR count). The Bertz CT molecular complexity index is 736. The average molecular weight is 336 g/mol. The molecule has 0 saturated heterocycles. The van der Waals surface area contributed by atoms with E-state index in [9.17, 15) is 14.0 Å². The fraction of sp³-hybridized carbons (Fsp3) is 0.235. The molecule has 0 aliphatic rings. The van der Waals surface area contributed by atoms with E-state index in [1.165, 1.54) is 31.2 Å². The molecule has 2 aromatic rings. The standard InChI is InChI=1S/C17H15ClFNO3/c1-9-8-10(2)20-16(18)14(9)17(22)23-11(3)15(21)12-4-6-13(19)7-5-12/h4-8,11H,1-3H3/t11-/m0/s1. The Balaban J connectivity index is 2.17. The molecule has 0 aliphatic heterocycles. The minimum Gasteiger partial charge on any atom is -0.451 e.